The van der Waals surface area contributed by atoms with E-state index in [0.29, 0.717) is 6.42 Å². The van der Waals surface area contributed by atoms with E-state index in [1.54, 1.807) is 13.8 Å². The molecule has 0 unspecified atom stereocenters. The molecule has 1 saturated carbocycles. The summed E-state index contributed by atoms with van der Waals surface area (Å²) >= 11 is 0. The average molecular weight is 302 g/mol. The van der Waals surface area contributed by atoms with Gasteiger partial charge in [0.05, 0.1) is 26.4 Å². The van der Waals surface area contributed by atoms with Gasteiger partial charge in [0.1, 0.15) is 0 Å². The van der Waals surface area contributed by atoms with Crippen molar-refractivity contribution in [3.05, 3.63) is 0 Å². The maximum absolute atomic E-state index is 12.0. The second kappa shape index (κ2) is 5.90. The molecular formula is C14H22O7. The molecule has 1 aliphatic heterocycles. The number of methoxy groups -OCH3 is 2. The summed E-state index contributed by atoms with van der Waals surface area (Å²) in [6.45, 7) is 3.44. The van der Waals surface area contributed by atoms with Gasteiger partial charge in [0.25, 0.3) is 0 Å². The van der Waals surface area contributed by atoms with E-state index in [2.05, 4.69) is 0 Å². The Morgan fingerprint density at radius 2 is 1.71 bits per heavy atom. The van der Waals surface area contributed by atoms with Crippen molar-refractivity contribution in [3.63, 3.8) is 0 Å². The molecule has 1 saturated heterocycles. The number of rotatable bonds is 4. The van der Waals surface area contributed by atoms with E-state index in [1.165, 1.54) is 14.2 Å². The van der Waals surface area contributed by atoms with E-state index in [0.717, 1.165) is 0 Å². The fraction of sp³-hybridized carbons (Fsp3) is 0.857. The van der Waals surface area contributed by atoms with Crippen LogP contribution < -0.4 is 0 Å². The van der Waals surface area contributed by atoms with Gasteiger partial charge in [-0.15, -0.1) is 0 Å². The van der Waals surface area contributed by atoms with Crippen LogP contribution in [0.4, 0.5) is 0 Å². The highest BCUT2D eigenvalue weighted by molar-refractivity contribution is 5.95. The summed E-state index contributed by atoms with van der Waals surface area (Å²) in [5.41, 5.74) is 0. The van der Waals surface area contributed by atoms with Gasteiger partial charge in [0.2, 0.25) is 0 Å². The number of carbonyl (C=O) groups is 2. The van der Waals surface area contributed by atoms with Crippen LogP contribution in [0.2, 0.25) is 0 Å². The average Bonchev–Trinajstić information content (AvgIpc) is 2.92. The Labute approximate surface area is 123 Å². The van der Waals surface area contributed by atoms with E-state index in [4.69, 9.17) is 18.9 Å². The van der Waals surface area contributed by atoms with Crippen LogP contribution in [0.15, 0.2) is 0 Å². The number of ether oxygens (including phenoxy) is 4. The first-order valence-electron chi connectivity index (χ1n) is 6.96. The third-order valence-corrected chi connectivity index (χ3v) is 4.20. The zero-order chi connectivity index (χ0) is 15.8. The number of aliphatic hydroxyl groups excluding tert-OH is 1. The minimum atomic E-state index is -1.07. The predicted octanol–water partition coefficient (Wildman–Crippen LogP) is 0.0971. The number of hydrogen-bond donors (Lipinski definition) is 1. The van der Waals surface area contributed by atoms with Crippen LogP contribution in [0.1, 0.15) is 20.3 Å². The maximum Gasteiger partial charge on any atom is 0.320 e. The molecule has 0 spiro atoms. The Morgan fingerprint density at radius 3 is 2.19 bits per heavy atom. The van der Waals surface area contributed by atoms with Crippen LogP contribution in [0.5, 0.6) is 0 Å². The second-order valence-electron chi connectivity index (χ2n) is 5.93. The summed E-state index contributed by atoms with van der Waals surface area (Å²) in [7, 11) is 2.45. The van der Waals surface area contributed by atoms with Gasteiger partial charge in [-0.05, 0) is 20.3 Å². The molecule has 0 aromatic rings. The van der Waals surface area contributed by atoms with Gasteiger partial charge in [-0.2, -0.15) is 0 Å². The van der Waals surface area contributed by atoms with Crippen molar-refractivity contribution in [3.8, 4) is 0 Å². The van der Waals surface area contributed by atoms with Gasteiger partial charge >= 0.3 is 11.9 Å². The fourth-order valence-electron chi connectivity index (χ4n) is 3.33. The molecule has 0 aromatic heterocycles. The molecule has 7 heteroatoms. The number of aliphatic hydroxyl groups is 1. The van der Waals surface area contributed by atoms with Crippen LogP contribution >= 0.6 is 0 Å². The first kappa shape index (κ1) is 16.2. The Morgan fingerprint density at radius 1 is 1.19 bits per heavy atom. The monoisotopic (exact) mass is 302 g/mol. The van der Waals surface area contributed by atoms with E-state index in [9.17, 15) is 14.7 Å². The highest BCUT2D eigenvalue weighted by Gasteiger charge is 2.58. The van der Waals surface area contributed by atoms with E-state index >= 15 is 0 Å². The first-order chi connectivity index (χ1) is 9.84. The van der Waals surface area contributed by atoms with Gasteiger partial charge in [-0.25, -0.2) is 0 Å². The van der Waals surface area contributed by atoms with Crippen LogP contribution in [0.3, 0.4) is 0 Å². The number of esters is 2. The molecule has 2 fully saturated rings. The third-order valence-electron chi connectivity index (χ3n) is 4.20. The molecule has 0 bridgehead atoms. The fourth-order valence-corrected chi connectivity index (χ4v) is 3.33. The first-order valence-corrected chi connectivity index (χ1v) is 6.96. The van der Waals surface area contributed by atoms with Crippen LogP contribution in [0, 0.1) is 17.8 Å². The molecule has 7 nitrogen and oxygen atoms in total. The molecule has 4 atom stereocenters. The predicted molar refractivity (Wildman–Crippen MR) is 70.0 cm³/mol. The molecular weight excluding hydrogens is 280 g/mol. The van der Waals surface area contributed by atoms with E-state index in [1.807, 2.05) is 0 Å². The van der Waals surface area contributed by atoms with Crippen LogP contribution in [-0.4, -0.2) is 55.9 Å². The molecule has 2 aliphatic rings. The quantitative estimate of drug-likeness (QED) is 0.581. The molecule has 1 aliphatic carbocycles. The lowest BCUT2D eigenvalue weighted by molar-refractivity contribution is -0.176. The van der Waals surface area contributed by atoms with Crippen molar-refractivity contribution in [2.45, 2.75) is 38.3 Å². The molecule has 1 N–H and O–H groups in total. The number of fused-ring (bicyclic) bond motifs is 1. The zero-order valence-corrected chi connectivity index (χ0v) is 12.7. The van der Waals surface area contributed by atoms with Crippen molar-refractivity contribution in [1.29, 1.82) is 0 Å². The molecule has 120 valence electrons. The van der Waals surface area contributed by atoms with Crippen LogP contribution in [0.25, 0.3) is 0 Å². The lowest BCUT2D eigenvalue weighted by Gasteiger charge is -2.26. The molecule has 1 heterocycles. The Hall–Kier alpha value is -1.18. The van der Waals surface area contributed by atoms with Gasteiger partial charge in [0, 0.05) is 18.4 Å². The summed E-state index contributed by atoms with van der Waals surface area (Å²) in [4.78, 5) is 23.9. The molecule has 21 heavy (non-hydrogen) atoms. The minimum absolute atomic E-state index is 0.0911. The Balaban J connectivity index is 2.28. The smallest absolute Gasteiger partial charge is 0.320 e. The highest BCUT2D eigenvalue weighted by atomic mass is 16.8. The minimum Gasteiger partial charge on any atom is -0.468 e. The van der Waals surface area contributed by atoms with E-state index < -0.39 is 35.7 Å². The summed E-state index contributed by atoms with van der Waals surface area (Å²) in [6.07, 6.45) is -0.344. The van der Waals surface area contributed by atoms with Crippen molar-refractivity contribution in [2.24, 2.45) is 17.8 Å². The van der Waals surface area contributed by atoms with Crippen LogP contribution in [-0.2, 0) is 28.5 Å². The maximum atomic E-state index is 12.0. The standard InChI is InChI=1S/C14H22O7/c1-14(2)20-10-7(6-15)5-8(11(10)21-14)9(12(16)18-3)13(17)19-4/h7-11,15H,5-6H2,1-4H3/t7-,8+,10-,11+/m1/s1. The number of hydrogen-bond acceptors (Lipinski definition) is 7. The van der Waals surface area contributed by atoms with Gasteiger partial charge in [-0.3, -0.25) is 9.59 Å². The summed E-state index contributed by atoms with van der Waals surface area (Å²) in [5.74, 6) is -3.80. The largest absolute Gasteiger partial charge is 0.468 e. The lowest BCUT2D eigenvalue weighted by atomic mass is 9.88. The van der Waals surface area contributed by atoms with Crippen molar-refractivity contribution in [2.75, 3.05) is 20.8 Å². The SMILES string of the molecule is COC(=O)C(C(=O)OC)[C@@H]1C[C@H](CO)[C@H]2OC(C)(C)O[C@H]21. The topological polar surface area (TPSA) is 91.3 Å². The zero-order valence-electron chi connectivity index (χ0n) is 12.7. The summed E-state index contributed by atoms with van der Waals surface area (Å²) < 4.78 is 21.1. The normalized spacial score (nSPS) is 33.8. The molecule has 2 rings (SSSR count). The van der Waals surface area contributed by atoms with Crippen molar-refractivity contribution < 1.29 is 33.6 Å². The third kappa shape index (κ3) is 2.90. The summed E-state index contributed by atoms with van der Waals surface area (Å²) in [5, 5.41) is 9.51. The molecule has 0 aromatic carbocycles. The highest BCUT2D eigenvalue weighted by Crippen LogP contribution is 2.47. The molecule has 0 amide bonds. The van der Waals surface area contributed by atoms with Gasteiger partial charge < -0.3 is 24.1 Å². The van der Waals surface area contributed by atoms with Crippen molar-refractivity contribution >= 4 is 11.9 Å². The second-order valence-corrected chi connectivity index (χ2v) is 5.93. The van der Waals surface area contributed by atoms with E-state index in [-0.39, 0.29) is 18.6 Å². The van der Waals surface area contributed by atoms with Gasteiger partial charge in [0.15, 0.2) is 11.7 Å². The Kier molecular flexibility index (Phi) is 4.55. The van der Waals surface area contributed by atoms with Crippen molar-refractivity contribution in [1.82, 2.24) is 0 Å². The summed E-state index contributed by atoms with van der Waals surface area (Å²) in [6, 6.07) is 0. The Bertz CT molecular complexity index is 404. The lowest BCUT2D eigenvalue weighted by Crippen LogP contribution is -2.39. The van der Waals surface area contributed by atoms with Gasteiger partial charge in [-0.1, -0.05) is 0 Å². The molecule has 0 radical (unpaired) electrons. The number of carbonyl (C=O) groups excluding carboxylic acids is 2.